The highest BCUT2D eigenvalue weighted by Crippen LogP contribution is 1.98. The molecule has 0 heterocycles. The number of aliphatic hydroxyl groups is 1. The summed E-state index contributed by atoms with van der Waals surface area (Å²) in [4.78, 5) is 0. The van der Waals surface area contributed by atoms with Gasteiger partial charge in [-0.3, -0.25) is 0 Å². The third-order valence-electron chi connectivity index (χ3n) is 2.09. The summed E-state index contributed by atoms with van der Waals surface area (Å²) in [6.07, 6.45) is 3.26. The molecule has 14 heavy (non-hydrogen) atoms. The van der Waals surface area contributed by atoms with Crippen molar-refractivity contribution < 1.29 is 10.3 Å². The third kappa shape index (κ3) is 6.68. The highest BCUT2D eigenvalue weighted by atomic mass is 16.4. The zero-order valence-corrected chi connectivity index (χ0v) is 8.74. The molecule has 0 aromatic carbocycles. The lowest BCUT2D eigenvalue weighted by Crippen LogP contribution is -2.33. The van der Waals surface area contributed by atoms with Crippen LogP contribution in [0.4, 0.5) is 0 Å². The molecule has 5 N–H and O–H groups in total. The second-order valence-corrected chi connectivity index (χ2v) is 3.29. The van der Waals surface area contributed by atoms with E-state index in [1.807, 2.05) is 6.92 Å². The molecule has 84 valence electrons. The molecular formula is C9H21N3O2. The lowest BCUT2D eigenvalue weighted by atomic mass is 10.1. The van der Waals surface area contributed by atoms with Crippen LogP contribution >= 0.6 is 0 Å². The van der Waals surface area contributed by atoms with Gasteiger partial charge in [0.05, 0.1) is 0 Å². The molecule has 0 amide bonds. The van der Waals surface area contributed by atoms with Crippen LogP contribution in [-0.2, 0) is 0 Å². The standard InChI is InChI=1S/C9H21N3O2/c1-2-8(7-9(10)12-14)11-5-3-4-6-13/h8,11,13-14H,2-7H2,1H3,(H2,10,12). The van der Waals surface area contributed by atoms with Crippen molar-refractivity contribution in [3.05, 3.63) is 0 Å². The van der Waals surface area contributed by atoms with E-state index < -0.39 is 0 Å². The maximum absolute atomic E-state index is 8.57. The van der Waals surface area contributed by atoms with E-state index >= 15 is 0 Å². The summed E-state index contributed by atoms with van der Waals surface area (Å²) >= 11 is 0. The summed E-state index contributed by atoms with van der Waals surface area (Å²) in [5, 5.41) is 23.2. The molecule has 0 aliphatic carbocycles. The normalized spacial score (nSPS) is 14.3. The van der Waals surface area contributed by atoms with E-state index in [0.29, 0.717) is 6.42 Å². The summed E-state index contributed by atoms with van der Waals surface area (Å²) < 4.78 is 0. The van der Waals surface area contributed by atoms with Crippen molar-refractivity contribution in [2.45, 2.75) is 38.6 Å². The quantitative estimate of drug-likeness (QED) is 0.150. The topological polar surface area (TPSA) is 90.9 Å². The van der Waals surface area contributed by atoms with Gasteiger partial charge in [0.2, 0.25) is 0 Å². The predicted octanol–water partition coefficient (Wildman–Crippen LogP) is 0.264. The molecule has 0 aliphatic rings. The Morgan fingerprint density at radius 2 is 2.21 bits per heavy atom. The van der Waals surface area contributed by atoms with Gasteiger partial charge in [-0.2, -0.15) is 0 Å². The van der Waals surface area contributed by atoms with E-state index in [0.717, 1.165) is 25.8 Å². The average Bonchev–Trinajstić information content (AvgIpc) is 2.22. The first-order chi connectivity index (χ1) is 6.74. The number of unbranched alkanes of at least 4 members (excludes halogenated alkanes) is 1. The zero-order chi connectivity index (χ0) is 10.8. The molecule has 5 heteroatoms. The maximum Gasteiger partial charge on any atom is 0.140 e. The minimum Gasteiger partial charge on any atom is -0.409 e. The SMILES string of the molecule is CCC(CC(N)=NO)NCCCCO. The number of hydrogen-bond acceptors (Lipinski definition) is 4. The summed E-state index contributed by atoms with van der Waals surface area (Å²) in [5.41, 5.74) is 5.40. The second-order valence-electron chi connectivity index (χ2n) is 3.29. The van der Waals surface area contributed by atoms with E-state index in [-0.39, 0.29) is 18.5 Å². The lowest BCUT2D eigenvalue weighted by molar-refractivity contribution is 0.282. The van der Waals surface area contributed by atoms with E-state index in [9.17, 15) is 0 Å². The van der Waals surface area contributed by atoms with Crippen LogP contribution in [0.1, 0.15) is 32.6 Å². The summed E-state index contributed by atoms with van der Waals surface area (Å²) in [7, 11) is 0. The molecule has 0 aliphatic heterocycles. The van der Waals surface area contributed by atoms with Crippen LogP contribution < -0.4 is 11.1 Å². The highest BCUT2D eigenvalue weighted by Gasteiger charge is 2.07. The Hall–Kier alpha value is -0.810. The van der Waals surface area contributed by atoms with Gasteiger partial charge in [-0.05, 0) is 25.8 Å². The fourth-order valence-electron chi connectivity index (χ4n) is 1.20. The number of aliphatic hydroxyl groups excluding tert-OH is 1. The molecule has 0 rings (SSSR count). The maximum atomic E-state index is 8.57. The van der Waals surface area contributed by atoms with Crippen molar-refractivity contribution in [3.8, 4) is 0 Å². The summed E-state index contributed by atoms with van der Waals surface area (Å²) in [5.74, 6) is 0.256. The van der Waals surface area contributed by atoms with Crippen molar-refractivity contribution in [2.24, 2.45) is 10.9 Å². The van der Waals surface area contributed by atoms with Crippen LogP contribution in [0.2, 0.25) is 0 Å². The first-order valence-electron chi connectivity index (χ1n) is 5.05. The van der Waals surface area contributed by atoms with Gasteiger partial charge in [-0.25, -0.2) is 0 Å². The van der Waals surface area contributed by atoms with Crippen molar-refractivity contribution in [3.63, 3.8) is 0 Å². The van der Waals surface area contributed by atoms with Crippen molar-refractivity contribution in [1.29, 1.82) is 0 Å². The van der Waals surface area contributed by atoms with Gasteiger partial charge in [0.25, 0.3) is 0 Å². The molecular weight excluding hydrogens is 182 g/mol. The number of oxime groups is 1. The van der Waals surface area contributed by atoms with Crippen LogP contribution in [0.3, 0.4) is 0 Å². The lowest BCUT2D eigenvalue weighted by Gasteiger charge is -2.15. The van der Waals surface area contributed by atoms with E-state index in [1.165, 1.54) is 0 Å². The molecule has 0 saturated heterocycles. The van der Waals surface area contributed by atoms with Gasteiger partial charge in [0.1, 0.15) is 5.84 Å². The largest absolute Gasteiger partial charge is 0.409 e. The van der Waals surface area contributed by atoms with Gasteiger partial charge < -0.3 is 21.4 Å². The highest BCUT2D eigenvalue weighted by molar-refractivity contribution is 5.80. The predicted molar refractivity (Wildman–Crippen MR) is 56.4 cm³/mol. The van der Waals surface area contributed by atoms with Gasteiger partial charge in [0, 0.05) is 19.1 Å². The van der Waals surface area contributed by atoms with Crippen LogP contribution in [-0.4, -0.2) is 35.3 Å². The summed E-state index contributed by atoms with van der Waals surface area (Å²) in [6.45, 7) is 3.14. The monoisotopic (exact) mass is 203 g/mol. The van der Waals surface area contributed by atoms with Crippen LogP contribution in [0.5, 0.6) is 0 Å². The molecule has 1 atom stereocenters. The zero-order valence-electron chi connectivity index (χ0n) is 8.74. The number of rotatable bonds is 8. The first kappa shape index (κ1) is 13.2. The first-order valence-corrected chi connectivity index (χ1v) is 5.05. The molecule has 0 spiro atoms. The Morgan fingerprint density at radius 1 is 1.50 bits per heavy atom. The van der Waals surface area contributed by atoms with E-state index in [1.54, 1.807) is 0 Å². The molecule has 0 fully saturated rings. The Labute approximate surface area is 85.0 Å². The van der Waals surface area contributed by atoms with Crippen molar-refractivity contribution >= 4 is 5.84 Å². The smallest absolute Gasteiger partial charge is 0.140 e. The molecule has 0 aromatic rings. The Morgan fingerprint density at radius 3 is 2.71 bits per heavy atom. The molecule has 5 nitrogen and oxygen atoms in total. The van der Waals surface area contributed by atoms with Gasteiger partial charge in [-0.15, -0.1) is 0 Å². The molecule has 0 bridgehead atoms. The Balaban J connectivity index is 3.58. The van der Waals surface area contributed by atoms with Crippen LogP contribution in [0.25, 0.3) is 0 Å². The Kier molecular flexibility index (Phi) is 8.27. The number of nitrogens with one attached hydrogen (secondary N) is 1. The average molecular weight is 203 g/mol. The van der Waals surface area contributed by atoms with E-state index in [4.69, 9.17) is 16.0 Å². The third-order valence-corrected chi connectivity index (χ3v) is 2.09. The number of nitrogens with two attached hydrogens (primary N) is 1. The second kappa shape index (κ2) is 8.77. The minimum atomic E-state index is 0.235. The van der Waals surface area contributed by atoms with Gasteiger partial charge in [0.15, 0.2) is 0 Å². The Bertz CT molecular complexity index is 162. The minimum absolute atomic E-state index is 0.235. The fourth-order valence-corrected chi connectivity index (χ4v) is 1.20. The van der Waals surface area contributed by atoms with Gasteiger partial charge >= 0.3 is 0 Å². The number of amidine groups is 1. The fraction of sp³-hybridized carbons (Fsp3) is 0.889. The molecule has 0 radical (unpaired) electrons. The van der Waals surface area contributed by atoms with Crippen molar-refractivity contribution in [1.82, 2.24) is 5.32 Å². The van der Waals surface area contributed by atoms with E-state index in [2.05, 4.69) is 10.5 Å². The van der Waals surface area contributed by atoms with Crippen LogP contribution in [0.15, 0.2) is 5.16 Å². The van der Waals surface area contributed by atoms with Gasteiger partial charge in [-0.1, -0.05) is 12.1 Å². The van der Waals surface area contributed by atoms with Crippen molar-refractivity contribution in [2.75, 3.05) is 13.2 Å². The van der Waals surface area contributed by atoms with Crippen LogP contribution in [0, 0.1) is 0 Å². The molecule has 0 aromatic heterocycles. The summed E-state index contributed by atoms with van der Waals surface area (Å²) in [6, 6.07) is 0.254. The molecule has 1 unspecified atom stereocenters. The number of hydrogen-bond donors (Lipinski definition) is 4. The molecule has 0 saturated carbocycles. The number of nitrogens with zero attached hydrogens (tertiary/aromatic N) is 1.